The van der Waals surface area contributed by atoms with Gasteiger partial charge in [-0.1, -0.05) is 60.7 Å². The summed E-state index contributed by atoms with van der Waals surface area (Å²) in [6, 6.07) is 21.8. The van der Waals surface area contributed by atoms with Crippen molar-refractivity contribution in [2.75, 3.05) is 18.5 Å². The van der Waals surface area contributed by atoms with Gasteiger partial charge in [-0.15, -0.1) is 7.92 Å². The average molecular weight is 350 g/mol. The Morgan fingerprint density at radius 3 is 1.84 bits per heavy atom. The highest BCUT2D eigenvalue weighted by Gasteiger charge is 2.10. The normalized spacial score (nSPS) is 11.1. The molecular weight excluding hydrogens is 323 g/mol. The molecule has 3 rings (SSSR count). The number of hydrogen-bond donors (Lipinski definition) is 0. The molecule has 0 atom stereocenters. The number of imidazole rings is 1. The first-order chi connectivity index (χ1) is 12.3. The molecule has 1 aromatic heterocycles. The minimum absolute atomic E-state index is 0.0262. The minimum Gasteiger partial charge on any atom is -0.335 e. The van der Waals surface area contributed by atoms with Crippen LogP contribution in [0.1, 0.15) is 17.0 Å². The molecule has 0 aliphatic rings. The van der Waals surface area contributed by atoms with Crippen LogP contribution in [-0.2, 0) is 19.4 Å². The number of aromatic nitrogens is 2. The Labute approximate surface area is 152 Å². The van der Waals surface area contributed by atoms with Crippen LogP contribution in [0, 0.1) is 6.92 Å². The average Bonchev–Trinajstić information content (AvgIpc) is 3.08. The Morgan fingerprint density at radius 1 is 0.800 bits per heavy atom. The van der Waals surface area contributed by atoms with Gasteiger partial charge in [-0.2, -0.15) is 0 Å². The van der Waals surface area contributed by atoms with Crippen LogP contribution >= 0.6 is 7.92 Å². The van der Waals surface area contributed by atoms with Crippen molar-refractivity contribution in [3.8, 4) is 0 Å². The lowest BCUT2D eigenvalue weighted by molar-refractivity contribution is 0.733. The number of benzene rings is 2. The molecule has 0 aliphatic carbocycles. The molecular formula is C22H27N2P. The molecule has 1 heterocycles. The van der Waals surface area contributed by atoms with E-state index in [9.17, 15) is 0 Å². The van der Waals surface area contributed by atoms with Gasteiger partial charge in [0.05, 0.1) is 0 Å². The lowest BCUT2D eigenvalue weighted by Gasteiger charge is -2.19. The molecule has 0 amide bonds. The SMILES string of the molecule is Cc1nccn1CCP(CCc1ccccc1)CCc1ccccc1. The molecule has 3 heteroatoms. The Hall–Kier alpha value is -1.92. The van der Waals surface area contributed by atoms with E-state index in [4.69, 9.17) is 0 Å². The number of hydrogen-bond acceptors (Lipinski definition) is 1. The second kappa shape index (κ2) is 9.53. The molecule has 0 spiro atoms. The van der Waals surface area contributed by atoms with Crippen LogP contribution in [0.2, 0.25) is 0 Å². The standard InChI is InChI=1S/C22H27N2P/c1-20-23-14-15-24(20)16-19-25(17-12-21-8-4-2-5-9-21)18-13-22-10-6-3-7-11-22/h2-11,14-15H,12-13,16-19H2,1H3. The van der Waals surface area contributed by atoms with Crippen molar-refractivity contribution in [3.63, 3.8) is 0 Å². The number of rotatable bonds is 9. The molecule has 2 nitrogen and oxygen atoms in total. The molecule has 25 heavy (non-hydrogen) atoms. The fourth-order valence-electron chi connectivity index (χ4n) is 3.09. The molecule has 2 aromatic carbocycles. The van der Waals surface area contributed by atoms with Crippen LogP contribution in [-0.4, -0.2) is 28.0 Å². The number of aryl methyl sites for hydroxylation is 4. The van der Waals surface area contributed by atoms with E-state index in [0.29, 0.717) is 0 Å². The van der Waals surface area contributed by atoms with E-state index in [0.717, 1.165) is 12.4 Å². The van der Waals surface area contributed by atoms with Crippen molar-refractivity contribution >= 4 is 7.92 Å². The zero-order valence-corrected chi connectivity index (χ0v) is 15.9. The first-order valence-electron chi connectivity index (χ1n) is 9.09. The fraction of sp³-hybridized carbons (Fsp3) is 0.318. The third-order valence-corrected chi connectivity index (χ3v) is 7.24. The van der Waals surface area contributed by atoms with Crippen LogP contribution in [0.3, 0.4) is 0 Å². The summed E-state index contributed by atoms with van der Waals surface area (Å²) in [5.41, 5.74) is 2.93. The lowest BCUT2D eigenvalue weighted by atomic mass is 10.2. The molecule has 0 fully saturated rings. The van der Waals surface area contributed by atoms with Crippen molar-refractivity contribution in [2.24, 2.45) is 0 Å². The van der Waals surface area contributed by atoms with Crippen LogP contribution in [0.4, 0.5) is 0 Å². The van der Waals surface area contributed by atoms with E-state index in [1.807, 2.05) is 6.20 Å². The van der Waals surface area contributed by atoms with Crippen molar-refractivity contribution in [1.29, 1.82) is 0 Å². The van der Waals surface area contributed by atoms with E-state index in [1.165, 1.54) is 42.5 Å². The lowest BCUT2D eigenvalue weighted by Crippen LogP contribution is -2.07. The molecule has 0 aliphatic heterocycles. The summed E-state index contributed by atoms with van der Waals surface area (Å²) < 4.78 is 2.29. The highest BCUT2D eigenvalue weighted by Crippen LogP contribution is 2.37. The molecule has 0 unspecified atom stereocenters. The van der Waals surface area contributed by atoms with Gasteiger partial charge in [-0.3, -0.25) is 0 Å². The zero-order chi connectivity index (χ0) is 17.3. The summed E-state index contributed by atoms with van der Waals surface area (Å²) >= 11 is 0. The summed E-state index contributed by atoms with van der Waals surface area (Å²) in [6.07, 6.45) is 10.3. The molecule has 0 N–H and O–H groups in total. The summed E-state index contributed by atoms with van der Waals surface area (Å²) in [4.78, 5) is 4.35. The van der Waals surface area contributed by atoms with Crippen LogP contribution in [0.15, 0.2) is 73.1 Å². The van der Waals surface area contributed by atoms with E-state index >= 15 is 0 Å². The Kier molecular flexibility index (Phi) is 6.82. The van der Waals surface area contributed by atoms with Gasteiger partial charge in [0.25, 0.3) is 0 Å². The van der Waals surface area contributed by atoms with Gasteiger partial charge in [0, 0.05) is 18.9 Å². The predicted octanol–water partition coefficient (Wildman–Crippen LogP) is 5.16. The van der Waals surface area contributed by atoms with E-state index in [-0.39, 0.29) is 7.92 Å². The van der Waals surface area contributed by atoms with E-state index in [2.05, 4.69) is 83.3 Å². The quantitative estimate of drug-likeness (QED) is 0.488. The number of nitrogens with zero attached hydrogens (tertiary/aromatic N) is 2. The van der Waals surface area contributed by atoms with Crippen LogP contribution in [0.5, 0.6) is 0 Å². The van der Waals surface area contributed by atoms with Gasteiger partial charge in [-0.05, 0) is 49.4 Å². The fourth-order valence-corrected chi connectivity index (χ4v) is 5.41. The maximum Gasteiger partial charge on any atom is 0.105 e. The van der Waals surface area contributed by atoms with Gasteiger partial charge >= 0.3 is 0 Å². The molecule has 0 bridgehead atoms. The summed E-state index contributed by atoms with van der Waals surface area (Å²) in [5.74, 6) is 1.13. The third-order valence-electron chi connectivity index (χ3n) is 4.70. The Bertz CT molecular complexity index is 693. The molecule has 130 valence electrons. The van der Waals surface area contributed by atoms with Gasteiger partial charge in [0.15, 0.2) is 0 Å². The van der Waals surface area contributed by atoms with Gasteiger partial charge in [0.2, 0.25) is 0 Å². The van der Waals surface area contributed by atoms with Gasteiger partial charge < -0.3 is 4.57 Å². The van der Waals surface area contributed by atoms with E-state index in [1.54, 1.807) is 0 Å². The zero-order valence-electron chi connectivity index (χ0n) is 15.0. The molecule has 3 aromatic rings. The monoisotopic (exact) mass is 350 g/mol. The summed E-state index contributed by atoms with van der Waals surface area (Å²) in [5, 5.41) is 0. The maximum atomic E-state index is 4.35. The predicted molar refractivity (Wildman–Crippen MR) is 109 cm³/mol. The van der Waals surface area contributed by atoms with Crippen molar-refractivity contribution in [3.05, 3.63) is 90.0 Å². The van der Waals surface area contributed by atoms with Crippen molar-refractivity contribution < 1.29 is 0 Å². The largest absolute Gasteiger partial charge is 0.335 e. The molecule has 0 saturated carbocycles. The van der Waals surface area contributed by atoms with Crippen LogP contribution in [0.25, 0.3) is 0 Å². The Morgan fingerprint density at radius 2 is 1.36 bits per heavy atom. The highest BCUT2D eigenvalue weighted by atomic mass is 31.1. The van der Waals surface area contributed by atoms with Gasteiger partial charge in [-0.25, -0.2) is 4.98 Å². The second-order valence-corrected chi connectivity index (χ2v) is 9.16. The smallest absolute Gasteiger partial charge is 0.105 e. The maximum absolute atomic E-state index is 4.35. The minimum atomic E-state index is 0.0262. The Balaban J connectivity index is 1.57. The molecule has 0 radical (unpaired) electrons. The molecule has 0 saturated heterocycles. The first-order valence-corrected chi connectivity index (χ1v) is 11.0. The van der Waals surface area contributed by atoms with Crippen molar-refractivity contribution in [1.82, 2.24) is 9.55 Å². The first kappa shape index (κ1) is 17.9. The van der Waals surface area contributed by atoms with Crippen molar-refractivity contribution in [2.45, 2.75) is 26.3 Å². The second-order valence-electron chi connectivity index (χ2n) is 6.48. The topological polar surface area (TPSA) is 17.8 Å². The summed E-state index contributed by atoms with van der Waals surface area (Å²) in [7, 11) is 0.0262. The van der Waals surface area contributed by atoms with Gasteiger partial charge in [0.1, 0.15) is 5.82 Å². The third kappa shape index (κ3) is 5.83. The van der Waals surface area contributed by atoms with E-state index < -0.39 is 0 Å². The van der Waals surface area contributed by atoms with Crippen LogP contribution < -0.4 is 0 Å². The highest BCUT2D eigenvalue weighted by molar-refractivity contribution is 7.57. The summed E-state index contributed by atoms with van der Waals surface area (Å²) in [6.45, 7) is 3.19.